The first kappa shape index (κ1) is 28.4. The lowest BCUT2D eigenvalue weighted by atomic mass is 9.98. The number of aromatic nitrogens is 5. The van der Waals surface area contributed by atoms with E-state index in [4.69, 9.17) is 4.98 Å². The fourth-order valence-electron chi connectivity index (χ4n) is 6.13. The van der Waals surface area contributed by atoms with Crippen LogP contribution in [0.4, 0.5) is 4.39 Å². The fourth-order valence-corrected chi connectivity index (χ4v) is 6.73. The molecule has 1 fully saturated rings. The summed E-state index contributed by atoms with van der Waals surface area (Å²) in [7, 11) is -3.17. The topological polar surface area (TPSA) is 108 Å². The number of rotatable bonds is 8. The first-order valence-electron chi connectivity index (χ1n) is 14.9. The summed E-state index contributed by atoms with van der Waals surface area (Å²) < 4.78 is 38.1. The second-order valence-corrected chi connectivity index (χ2v) is 14.0. The number of nitrogens with zero attached hydrogens (tertiary/aromatic N) is 4. The molecule has 0 aliphatic carbocycles. The van der Waals surface area contributed by atoms with Gasteiger partial charge in [-0.25, -0.2) is 17.8 Å². The van der Waals surface area contributed by atoms with Gasteiger partial charge in [0.15, 0.2) is 0 Å². The Morgan fingerprint density at radius 2 is 1.75 bits per heavy atom. The number of sulfone groups is 1. The van der Waals surface area contributed by atoms with Gasteiger partial charge in [-0.05, 0) is 97.1 Å². The summed E-state index contributed by atoms with van der Waals surface area (Å²) >= 11 is 0. The van der Waals surface area contributed by atoms with Gasteiger partial charge in [0.05, 0.1) is 22.7 Å². The molecule has 1 aliphatic heterocycles. The summed E-state index contributed by atoms with van der Waals surface area (Å²) in [5.74, 6) is -0.433. The predicted molar refractivity (Wildman–Crippen MR) is 172 cm³/mol. The molecule has 7 rings (SSSR count). The number of aryl methyl sites for hydroxylation is 1. The Balaban J connectivity index is 1.23. The molecule has 224 valence electrons. The Labute approximate surface area is 255 Å². The lowest BCUT2D eigenvalue weighted by molar-refractivity contribution is 0.220. The summed E-state index contributed by atoms with van der Waals surface area (Å²) in [6.07, 6.45) is 9.04. The number of halogens is 1. The van der Waals surface area contributed by atoms with E-state index >= 15 is 0 Å². The highest BCUT2D eigenvalue weighted by Gasteiger charge is 2.17. The van der Waals surface area contributed by atoms with Gasteiger partial charge in [0.1, 0.15) is 26.9 Å². The number of benzene rings is 2. The molecule has 2 aromatic carbocycles. The Morgan fingerprint density at radius 3 is 2.59 bits per heavy atom. The van der Waals surface area contributed by atoms with E-state index in [1.165, 1.54) is 43.2 Å². The van der Waals surface area contributed by atoms with Crippen molar-refractivity contribution < 1.29 is 12.8 Å². The van der Waals surface area contributed by atoms with E-state index in [0.29, 0.717) is 16.8 Å². The van der Waals surface area contributed by atoms with Crippen LogP contribution in [0.2, 0.25) is 0 Å². The first-order valence-corrected chi connectivity index (χ1v) is 17.0. The van der Waals surface area contributed by atoms with Crippen LogP contribution in [0.25, 0.3) is 55.7 Å². The van der Waals surface area contributed by atoms with Crippen molar-refractivity contribution in [2.75, 3.05) is 25.1 Å². The van der Waals surface area contributed by atoms with Crippen molar-refractivity contribution in [2.45, 2.75) is 32.2 Å². The van der Waals surface area contributed by atoms with Gasteiger partial charge in [-0.2, -0.15) is 5.10 Å². The number of H-pyrrole nitrogens is 2. The molecule has 0 saturated carbocycles. The molecule has 0 unspecified atom stereocenters. The van der Waals surface area contributed by atoms with Gasteiger partial charge in [-0.3, -0.25) is 15.0 Å². The van der Waals surface area contributed by atoms with E-state index in [2.05, 4.69) is 31.1 Å². The number of aromatic amines is 2. The van der Waals surface area contributed by atoms with Crippen LogP contribution in [0.1, 0.15) is 30.4 Å². The largest absolute Gasteiger partial charge is 0.353 e. The number of fused-ring (bicyclic) bond motifs is 2. The quantitative estimate of drug-likeness (QED) is 0.203. The van der Waals surface area contributed by atoms with Crippen molar-refractivity contribution in [3.05, 3.63) is 90.0 Å². The summed E-state index contributed by atoms with van der Waals surface area (Å²) in [5, 5.41) is 8.63. The second-order valence-electron chi connectivity index (χ2n) is 11.8. The molecule has 0 radical (unpaired) electrons. The Bertz CT molecular complexity index is 2100. The summed E-state index contributed by atoms with van der Waals surface area (Å²) in [6.45, 7) is 3.15. The smallest absolute Gasteiger partial charge is 0.147 e. The van der Waals surface area contributed by atoms with E-state index in [-0.39, 0.29) is 12.2 Å². The summed E-state index contributed by atoms with van der Waals surface area (Å²) in [5.41, 5.74) is 9.05. The molecule has 6 aromatic rings. The van der Waals surface area contributed by atoms with E-state index in [0.717, 1.165) is 64.1 Å². The minimum atomic E-state index is -3.17. The zero-order chi connectivity index (χ0) is 30.3. The average molecular weight is 609 g/mol. The number of nitrogens with one attached hydrogen (secondary N) is 2. The van der Waals surface area contributed by atoms with Crippen LogP contribution < -0.4 is 0 Å². The van der Waals surface area contributed by atoms with Gasteiger partial charge in [-0.15, -0.1) is 0 Å². The number of pyridine rings is 2. The van der Waals surface area contributed by atoms with Crippen molar-refractivity contribution in [2.24, 2.45) is 0 Å². The molecule has 2 N–H and O–H groups in total. The van der Waals surface area contributed by atoms with Crippen molar-refractivity contribution in [3.8, 4) is 33.8 Å². The maximum Gasteiger partial charge on any atom is 0.147 e. The molecule has 0 amide bonds. The van der Waals surface area contributed by atoms with Crippen molar-refractivity contribution in [1.82, 2.24) is 30.0 Å². The highest BCUT2D eigenvalue weighted by Crippen LogP contribution is 2.35. The van der Waals surface area contributed by atoms with Crippen LogP contribution in [-0.4, -0.2) is 63.6 Å². The van der Waals surface area contributed by atoms with Crippen LogP contribution in [0.15, 0.2) is 73.1 Å². The van der Waals surface area contributed by atoms with Crippen LogP contribution in [0, 0.1) is 5.82 Å². The molecule has 44 heavy (non-hydrogen) atoms. The highest BCUT2D eigenvalue weighted by molar-refractivity contribution is 7.90. The Hall–Kier alpha value is -4.41. The average Bonchev–Trinajstić information content (AvgIpc) is 3.64. The normalized spacial score (nSPS) is 14.5. The molecule has 0 bridgehead atoms. The second kappa shape index (κ2) is 11.6. The molecular formula is C34H33FN6O2S. The SMILES string of the molecule is CS(=O)(=O)CCc1cc(F)cc(-c2cccc3[nH]c(-c4n[nH]c5ccc(-c6cncc(CN7CCCCC7)c6)nc45)cc23)c1. The number of piperidine rings is 1. The predicted octanol–water partition coefficient (Wildman–Crippen LogP) is 6.55. The monoisotopic (exact) mass is 608 g/mol. The minimum Gasteiger partial charge on any atom is -0.353 e. The zero-order valence-corrected chi connectivity index (χ0v) is 25.3. The maximum atomic E-state index is 14.7. The number of hydrogen-bond donors (Lipinski definition) is 2. The molecule has 5 heterocycles. The Kier molecular flexibility index (Phi) is 7.47. The van der Waals surface area contributed by atoms with Crippen molar-refractivity contribution in [3.63, 3.8) is 0 Å². The van der Waals surface area contributed by atoms with Gasteiger partial charge in [0, 0.05) is 41.7 Å². The van der Waals surface area contributed by atoms with E-state index < -0.39 is 15.7 Å². The first-order chi connectivity index (χ1) is 21.3. The van der Waals surface area contributed by atoms with Crippen molar-refractivity contribution >= 4 is 31.8 Å². The third kappa shape index (κ3) is 6.00. The maximum absolute atomic E-state index is 14.7. The van der Waals surface area contributed by atoms with Crippen molar-refractivity contribution in [1.29, 1.82) is 0 Å². The van der Waals surface area contributed by atoms with E-state index in [9.17, 15) is 12.8 Å². The van der Waals surface area contributed by atoms with E-state index in [1.54, 1.807) is 0 Å². The highest BCUT2D eigenvalue weighted by atomic mass is 32.2. The lowest BCUT2D eigenvalue weighted by Crippen LogP contribution is -2.29. The molecule has 1 saturated heterocycles. The van der Waals surface area contributed by atoms with Gasteiger partial charge < -0.3 is 4.98 Å². The molecule has 10 heteroatoms. The van der Waals surface area contributed by atoms with E-state index in [1.807, 2.05) is 54.9 Å². The standard InChI is InChI=1S/C34H33FN6O2S/c1-44(42,43)13-10-22-14-24(17-26(35)16-22)27-6-5-7-30-28(27)18-32(37-30)34-33-31(39-40-34)9-8-29(38-33)25-15-23(19-36-20-25)21-41-11-3-2-4-12-41/h5-9,14-20,37H,2-4,10-13,21H2,1H3,(H,39,40). The summed E-state index contributed by atoms with van der Waals surface area (Å²) in [6, 6.07) is 18.7. The molecular weight excluding hydrogens is 575 g/mol. The number of likely N-dealkylation sites (tertiary alicyclic amines) is 1. The van der Waals surface area contributed by atoms with Crippen LogP contribution in [0.3, 0.4) is 0 Å². The molecule has 4 aromatic heterocycles. The minimum absolute atomic E-state index is 0.0333. The molecule has 0 spiro atoms. The van der Waals surface area contributed by atoms with Crippen LogP contribution in [-0.2, 0) is 22.8 Å². The van der Waals surface area contributed by atoms with Crippen LogP contribution >= 0.6 is 0 Å². The fraction of sp³-hybridized carbons (Fsp3) is 0.265. The third-order valence-corrected chi connectivity index (χ3v) is 9.25. The van der Waals surface area contributed by atoms with Gasteiger partial charge in [-0.1, -0.05) is 24.6 Å². The summed E-state index contributed by atoms with van der Waals surface area (Å²) in [4.78, 5) is 15.5. The lowest BCUT2D eigenvalue weighted by Gasteiger charge is -2.26. The molecule has 8 nitrogen and oxygen atoms in total. The van der Waals surface area contributed by atoms with Gasteiger partial charge in [0.2, 0.25) is 0 Å². The third-order valence-electron chi connectivity index (χ3n) is 8.30. The Morgan fingerprint density at radius 1 is 0.909 bits per heavy atom. The van der Waals surface area contributed by atoms with Gasteiger partial charge >= 0.3 is 0 Å². The molecule has 0 atom stereocenters. The molecule has 1 aliphatic rings. The van der Waals surface area contributed by atoms with Crippen LogP contribution in [0.5, 0.6) is 0 Å². The van der Waals surface area contributed by atoms with Gasteiger partial charge in [0.25, 0.3) is 0 Å². The zero-order valence-electron chi connectivity index (χ0n) is 24.5. The number of hydrogen-bond acceptors (Lipinski definition) is 6.